The number of fused-ring (bicyclic) bond motifs is 1. The summed E-state index contributed by atoms with van der Waals surface area (Å²) in [6.45, 7) is 9.88. The number of ether oxygens (including phenoxy) is 2. The zero-order valence-electron chi connectivity index (χ0n) is 16.4. The molecule has 26 heavy (non-hydrogen) atoms. The normalized spacial score (nSPS) is 11.3. The second-order valence-electron chi connectivity index (χ2n) is 7.55. The van der Waals surface area contributed by atoms with E-state index in [4.69, 9.17) is 15.2 Å². The standard InChI is InChI=1S/C20H30N2O3.ClH/c1-6-7-10-25-18-16-11-14(24-5)8-9-15(16)19(23)22(17(18)12-21)13-20(2,3)4;/h8-9,11H,6-7,10,12-13,21H2,1-5H3;1H. The van der Waals surface area contributed by atoms with E-state index in [-0.39, 0.29) is 29.9 Å². The fourth-order valence-corrected chi connectivity index (χ4v) is 2.89. The van der Waals surface area contributed by atoms with Crippen LogP contribution in [-0.4, -0.2) is 18.3 Å². The monoisotopic (exact) mass is 382 g/mol. The smallest absolute Gasteiger partial charge is 0.258 e. The molecule has 0 unspecified atom stereocenters. The van der Waals surface area contributed by atoms with Crippen molar-refractivity contribution < 1.29 is 9.47 Å². The van der Waals surface area contributed by atoms with Crippen molar-refractivity contribution in [1.82, 2.24) is 4.57 Å². The second kappa shape index (κ2) is 9.28. The minimum absolute atomic E-state index is 0. The minimum atomic E-state index is -0.0470. The van der Waals surface area contributed by atoms with Crippen LogP contribution in [0.2, 0.25) is 0 Å². The molecule has 0 radical (unpaired) electrons. The van der Waals surface area contributed by atoms with E-state index in [0.717, 1.165) is 23.9 Å². The van der Waals surface area contributed by atoms with Gasteiger partial charge in [-0.3, -0.25) is 4.79 Å². The van der Waals surface area contributed by atoms with Crippen LogP contribution in [0.1, 0.15) is 46.2 Å². The van der Waals surface area contributed by atoms with Crippen LogP contribution in [-0.2, 0) is 13.1 Å². The van der Waals surface area contributed by atoms with Crippen LogP contribution in [0.25, 0.3) is 10.8 Å². The summed E-state index contributed by atoms with van der Waals surface area (Å²) in [6, 6.07) is 5.48. The number of halogens is 1. The zero-order chi connectivity index (χ0) is 18.6. The molecule has 6 heteroatoms. The van der Waals surface area contributed by atoms with Gasteiger partial charge in [-0.1, -0.05) is 34.1 Å². The van der Waals surface area contributed by atoms with E-state index < -0.39 is 0 Å². The summed E-state index contributed by atoms with van der Waals surface area (Å²) in [7, 11) is 1.61. The summed E-state index contributed by atoms with van der Waals surface area (Å²) in [5, 5.41) is 1.40. The van der Waals surface area contributed by atoms with Crippen molar-refractivity contribution in [3.8, 4) is 11.5 Å². The first-order valence-electron chi connectivity index (χ1n) is 8.88. The third-order valence-corrected chi connectivity index (χ3v) is 4.10. The Morgan fingerprint density at radius 1 is 1.19 bits per heavy atom. The van der Waals surface area contributed by atoms with Crippen LogP contribution in [0.4, 0.5) is 0 Å². The minimum Gasteiger partial charge on any atom is -0.497 e. The second-order valence-corrected chi connectivity index (χ2v) is 7.55. The molecule has 1 heterocycles. The maximum atomic E-state index is 13.1. The van der Waals surface area contributed by atoms with Gasteiger partial charge in [-0.15, -0.1) is 12.4 Å². The molecule has 2 aromatic rings. The molecule has 146 valence electrons. The van der Waals surface area contributed by atoms with Crippen LogP contribution in [0.5, 0.6) is 11.5 Å². The molecule has 0 aliphatic carbocycles. The topological polar surface area (TPSA) is 66.5 Å². The molecule has 2 N–H and O–H groups in total. The van der Waals surface area contributed by atoms with Crippen molar-refractivity contribution in [2.75, 3.05) is 13.7 Å². The molecule has 1 aromatic carbocycles. The Morgan fingerprint density at radius 3 is 2.42 bits per heavy atom. The first-order valence-corrected chi connectivity index (χ1v) is 8.88. The molecule has 0 bridgehead atoms. The van der Waals surface area contributed by atoms with Gasteiger partial charge >= 0.3 is 0 Å². The summed E-state index contributed by atoms with van der Waals surface area (Å²) < 4.78 is 13.2. The third kappa shape index (κ3) is 4.92. The first kappa shape index (κ1) is 22.3. The Bertz CT molecular complexity index is 794. The van der Waals surface area contributed by atoms with Crippen LogP contribution < -0.4 is 20.8 Å². The number of nitrogens with two attached hydrogens (primary N) is 1. The first-order chi connectivity index (χ1) is 11.8. The Labute approximate surface area is 161 Å². The number of hydrogen-bond acceptors (Lipinski definition) is 4. The summed E-state index contributed by atoms with van der Waals surface area (Å²) in [4.78, 5) is 13.1. The van der Waals surface area contributed by atoms with Gasteiger partial charge in [0.25, 0.3) is 5.56 Å². The van der Waals surface area contributed by atoms with Gasteiger partial charge in [0.2, 0.25) is 0 Å². The third-order valence-electron chi connectivity index (χ3n) is 4.10. The highest BCUT2D eigenvalue weighted by Crippen LogP contribution is 2.32. The van der Waals surface area contributed by atoms with Crippen molar-refractivity contribution in [2.24, 2.45) is 11.1 Å². The maximum absolute atomic E-state index is 13.1. The van der Waals surface area contributed by atoms with E-state index in [9.17, 15) is 4.79 Å². The van der Waals surface area contributed by atoms with E-state index in [0.29, 0.717) is 30.0 Å². The highest BCUT2D eigenvalue weighted by Gasteiger charge is 2.21. The van der Waals surface area contributed by atoms with Gasteiger partial charge < -0.3 is 19.8 Å². The predicted molar refractivity (Wildman–Crippen MR) is 110 cm³/mol. The van der Waals surface area contributed by atoms with Crippen LogP contribution in [0.15, 0.2) is 23.0 Å². The Morgan fingerprint density at radius 2 is 1.88 bits per heavy atom. The van der Waals surface area contributed by atoms with Gasteiger partial charge in [0.05, 0.1) is 24.8 Å². The quantitative estimate of drug-likeness (QED) is 0.731. The average molecular weight is 383 g/mol. The number of nitrogens with zero attached hydrogens (tertiary/aromatic N) is 1. The number of pyridine rings is 1. The molecule has 0 aliphatic rings. The predicted octanol–water partition coefficient (Wildman–Crippen LogP) is 4.12. The van der Waals surface area contributed by atoms with Gasteiger partial charge in [-0.05, 0) is 30.0 Å². The largest absolute Gasteiger partial charge is 0.497 e. The Balaban J connectivity index is 0.00000338. The number of hydrogen-bond donors (Lipinski definition) is 1. The lowest BCUT2D eigenvalue weighted by atomic mass is 9.96. The molecule has 5 nitrogen and oxygen atoms in total. The maximum Gasteiger partial charge on any atom is 0.258 e. The molecule has 2 rings (SSSR count). The van der Waals surface area contributed by atoms with Crippen molar-refractivity contribution in [2.45, 2.75) is 53.6 Å². The summed E-state index contributed by atoms with van der Waals surface area (Å²) >= 11 is 0. The summed E-state index contributed by atoms with van der Waals surface area (Å²) in [6.07, 6.45) is 1.99. The summed E-state index contributed by atoms with van der Waals surface area (Å²) in [5.41, 5.74) is 6.70. The highest BCUT2D eigenvalue weighted by molar-refractivity contribution is 5.89. The lowest BCUT2D eigenvalue weighted by molar-refractivity contribution is 0.295. The fraction of sp³-hybridized carbons (Fsp3) is 0.550. The molecule has 1 aromatic heterocycles. The van der Waals surface area contributed by atoms with Gasteiger partial charge in [0.15, 0.2) is 0 Å². The average Bonchev–Trinajstić information content (AvgIpc) is 2.57. The lowest BCUT2D eigenvalue weighted by Crippen LogP contribution is -2.31. The number of aromatic nitrogens is 1. The van der Waals surface area contributed by atoms with Crippen LogP contribution in [0.3, 0.4) is 0 Å². The summed E-state index contributed by atoms with van der Waals surface area (Å²) in [5.74, 6) is 1.40. The van der Waals surface area contributed by atoms with Crippen molar-refractivity contribution in [1.29, 1.82) is 0 Å². The number of unbranched alkanes of at least 4 members (excludes halogenated alkanes) is 1. The molecule has 0 fully saturated rings. The molecule has 0 saturated heterocycles. The molecule has 0 spiro atoms. The van der Waals surface area contributed by atoms with Crippen molar-refractivity contribution >= 4 is 23.2 Å². The molecular formula is C20H31ClN2O3. The fourth-order valence-electron chi connectivity index (χ4n) is 2.89. The van der Waals surface area contributed by atoms with E-state index in [1.54, 1.807) is 11.7 Å². The SMILES string of the molecule is CCCCOc1c(CN)n(CC(C)(C)C)c(=O)c2ccc(OC)cc12.Cl. The van der Waals surface area contributed by atoms with Gasteiger partial charge in [0.1, 0.15) is 11.5 Å². The molecule has 0 saturated carbocycles. The van der Waals surface area contributed by atoms with E-state index in [1.807, 2.05) is 18.2 Å². The van der Waals surface area contributed by atoms with E-state index in [1.165, 1.54) is 0 Å². The Hall–Kier alpha value is -1.72. The molecule has 0 aliphatic heterocycles. The van der Waals surface area contributed by atoms with Gasteiger partial charge in [-0.25, -0.2) is 0 Å². The highest BCUT2D eigenvalue weighted by atomic mass is 35.5. The van der Waals surface area contributed by atoms with Gasteiger partial charge in [0, 0.05) is 18.5 Å². The molecule has 0 atom stereocenters. The Kier molecular flexibility index (Phi) is 7.97. The van der Waals surface area contributed by atoms with Crippen molar-refractivity contribution in [3.63, 3.8) is 0 Å². The number of benzene rings is 1. The van der Waals surface area contributed by atoms with Gasteiger partial charge in [-0.2, -0.15) is 0 Å². The lowest BCUT2D eigenvalue weighted by Gasteiger charge is -2.25. The van der Waals surface area contributed by atoms with E-state index >= 15 is 0 Å². The van der Waals surface area contributed by atoms with Crippen LogP contribution >= 0.6 is 12.4 Å². The zero-order valence-corrected chi connectivity index (χ0v) is 17.2. The van der Waals surface area contributed by atoms with Crippen LogP contribution in [0, 0.1) is 5.41 Å². The van der Waals surface area contributed by atoms with E-state index in [2.05, 4.69) is 27.7 Å². The number of rotatable bonds is 7. The van der Waals surface area contributed by atoms with Crippen molar-refractivity contribution in [3.05, 3.63) is 34.2 Å². The number of methoxy groups -OCH3 is 1. The molecule has 0 amide bonds. The molecular weight excluding hydrogens is 352 g/mol.